The summed E-state index contributed by atoms with van der Waals surface area (Å²) in [6.45, 7) is 3.55. The highest BCUT2D eigenvalue weighted by Crippen LogP contribution is 2.15. The van der Waals surface area contributed by atoms with Crippen molar-refractivity contribution >= 4 is 5.97 Å². The van der Waals surface area contributed by atoms with Gasteiger partial charge in [0.05, 0.1) is 0 Å². The molecule has 0 aliphatic heterocycles. The van der Waals surface area contributed by atoms with E-state index in [1.165, 1.54) is 15.3 Å². The Bertz CT molecular complexity index is 389. The molecule has 0 aliphatic carbocycles. The minimum absolute atomic E-state index is 0.118. The van der Waals surface area contributed by atoms with Gasteiger partial charge in [-0.25, -0.2) is 9.59 Å². The molecule has 0 aromatic carbocycles. The molecule has 1 heterocycles. The highest BCUT2D eigenvalue weighted by atomic mass is 16.4. The van der Waals surface area contributed by atoms with Crippen LogP contribution in [0, 0.1) is 5.92 Å². The molecule has 0 amide bonds. The molecule has 0 fully saturated rings. The van der Waals surface area contributed by atoms with Crippen LogP contribution in [-0.2, 0) is 11.8 Å². The Morgan fingerprint density at radius 3 is 2.29 bits per heavy atom. The lowest BCUT2D eigenvalue weighted by atomic mass is 10.1. The summed E-state index contributed by atoms with van der Waals surface area (Å²) in [5.74, 6) is -1.10. The lowest BCUT2D eigenvalue weighted by Crippen LogP contribution is -2.33. The van der Waals surface area contributed by atoms with Crippen LogP contribution in [0.3, 0.4) is 0 Å². The average Bonchev–Trinajstić information content (AvgIpc) is 2.35. The van der Waals surface area contributed by atoms with Crippen molar-refractivity contribution in [2.45, 2.75) is 19.9 Å². The summed E-state index contributed by atoms with van der Waals surface area (Å²) in [4.78, 5) is 22.4. The van der Waals surface area contributed by atoms with Crippen molar-refractivity contribution in [3.63, 3.8) is 0 Å². The van der Waals surface area contributed by atoms with E-state index in [9.17, 15) is 9.59 Å². The van der Waals surface area contributed by atoms with Crippen LogP contribution in [0.25, 0.3) is 0 Å². The van der Waals surface area contributed by atoms with Gasteiger partial charge in [0.2, 0.25) is 0 Å². The standard InChI is InChI=1S/C9H14N2O3/c1-6(2)7(8(12)13)11-5-4-10(3)9(11)14/h4-7H,1-3H3,(H,12,13)/t7-/m0/s1. The summed E-state index contributed by atoms with van der Waals surface area (Å²) in [6, 6.07) is -0.788. The van der Waals surface area contributed by atoms with E-state index in [0.29, 0.717) is 0 Å². The third kappa shape index (κ3) is 1.71. The number of aryl methyl sites for hydroxylation is 1. The molecule has 0 spiro atoms. The van der Waals surface area contributed by atoms with E-state index in [1.54, 1.807) is 27.1 Å². The fourth-order valence-corrected chi connectivity index (χ4v) is 1.42. The first kappa shape index (κ1) is 10.6. The molecule has 0 radical (unpaired) electrons. The second kappa shape index (κ2) is 3.69. The van der Waals surface area contributed by atoms with Gasteiger partial charge in [-0.1, -0.05) is 13.8 Å². The van der Waals surface area contributed by atoms with Gasteiger partial charge in [-0.3, -0.25) is 4.57 Å². The molecular weight excluding hydrogens is 184 g/mol. The SMILES string of the molecule is CC(C)[C@@H](C(=O)O)n1ccn(C)c1=O. The topological polar surface area (TPSA) is 64.2 Å². The summed E-state index contributed by atoms with van der Waals surface area (Å²) >= 11 is 0. The van der Waals surface area contributed by atoms with Gasteiger partial charge in [-0.15, -0.1) is 0 Å². The minimum atomic E-state index is -0.978. The number of hydrogen-bond donors (Lipinski definition) is 1. The number of aliphatic carboxylic acids is 1. The van der Waals surface area contributed by atoms with Crippen molar-refractivity contribution in [1.29, 1.82) is 0 Å². The van der Waals surface area contributed by atoms with Gasteiger partial charge in [0.25, 0.3) is 0 Å². The maximum absolute atomic E-state index is 11.5. The molecule has 5 heteroatoms. The molecule has 0 bridgehead atoms. The van der Waals surface area contributed by atoms with Crippen molar-refractivity contribution in [3.05, 3.63) is 22.9 Å². The third-order valence-corrected chi connectivity index (χ3v) is 2.16. The smallest absolute Gasteiger partial charge is 0.328 e. The Morgan fingerprint density at radius 2 is 2.00 bits per heavy atom. The van der Waals surface area contributed by atoms with Gasteiger partial charge in [-0.2, -0.15) is 0 Å². The highest BCUT2D eigenvalue weighted by Gasteiger charge is 2.24. The average molecular weight is 198 g/mol. The molecule has 0 unspecified atom stereocenters. The zero-order chi connectivity index (χ0) is 10.9. The lowest BCUT2D eigenvalue weighted by molar-refractivity contribution is -0.142. The van der Waals surface area contributed by atoms with Gasteiger partial charge < -0.3 is 9.67 Å². The maximum Gasteiger partial charge on any atom is 0.328 e. The van der Waals surface area contributed by atoms with E-state index in [2.05, 4.69) is 0 Å². The second-order valence-electron chi connectivity index (χ2n) is 3.63. The quantitative estimate of drug-likeness (QED) is 0.767. The van der Waals surface area contributed by atoms with E-state index in [-0.39, 0.29) is 11.6 Å². The van der Waals surface area contributed by atoms with E-state index in [0.717, 1.165) is 0 Å². The summed E-state index contributed by atoms with van der Waals surface area (Å²) in [5, 5.41) is 8.96. The third-order valence-electron chi connectivity index (χ3n) is 2.16. The Balaban J connectivity index is 3.19. The number of imidazole rings is 1. The Labute approximate surface area is 81.6 Å². The molecule has 1 aromatic heterocycles. The van der Waals surface area contributed by atoms with Crippen LogP contribution in [-0.4, -0.2) is 20.2 Å². The number of aromatic nitrogens is 2. The van der Waals surface area contributed by atoms with Crippen molar-refractivity contribution in [2.75, 3.05) is 0 Å². The van der Waals surface area contributed by atoms with Crippen LogP contribution < -0.4 is 5.69 Å². The van der Waals surface area contributed by atoms with Crippen LogP contribution in [0.4, 0.5) is 0 Å². The number of nitrogens with zero attached hydrogens (tertiary/aromatic N) is 2. The summed E-state index contributed by atoms with van der Waals surface area (Å²) in [6.07, 6.45) is 3.06. The van der Waals surface area contributed by atoms with E-state index in [4.69, 9.17) is 5.11 Å². The molecule has 1 rings (SSSR count). The summed E-state index contributed by atoms with van der Waals surface area (Å²) in [5.41, 5.74) is -0.300. The largest absolute Gasteiger partial charge is 0.480 e. The van der Waals surface area contributed by atoms with Crippen molar-refractivity contribution in [2.24, 2.45) is 13.0 Å². The molecule has 1 N–H and O–H groups in total. The van der Waals surface area contributed by atoms with Crippen molar-refractivity contribution in [3.8, 4) is 0 Å². The highest BCUT2D eigenvalue weighted by molar-refractivity contribution is 5.72. The molecule has 0 aliphatic rings. The molecular formula is C9H14N2O3. The van der Waals surface area contributed by atoms with Gasteiger partial charge in [0, 0.05) is 19.4 Å². The minimum Gasteiger partial charge on any atom is -0.480 e. The van der Waals surface area contributed by atoms with E-state index in [1.807, 2.05) is 0 Å². The van der Waals surface area contributed by atoms with Crippen LogP contribution >= 0.6 is 0 Å². The van der Waals surface area contributed by atoms with Crippen LogP contribution in [0.5, 0.6) is 0 Å². The van der Waals surface area contributed by atoms with Gasteiger partial charge in [0.15, 0.2) is 0 Å². The predicted octanol–water partition coefficient (Wildman–Crippen LogP) is 0.469. The molecule has 5 nitrogen and oxygen atoms in total. The first-order valence-electron chi connectivity index (χ1n) is 4.41. The number of carboxylic acid groups (broad SMARTS) is 1. The first-order valence-corrected chi connectivity index (χ1v) is 4.41. The number of hydrogen-bond acceptors (Lipinski definition) is 2. The Kier molecular flexibility index (Phi) is 2.78. The van der Waals surface area contributed by atoms with Crippen LogP contribution in [0.15, 0.2) is 17.2 Å². The number of rotatable bonds is 3. The zero-order valence-corrected chi connectivity index (χ0v) is 8.47. The lowest BCUT2D eigenvalue weighted by Gasteiger charge is -2.16. The summed E-state index contributed by atoms with van der Waals surface area (Å²) < 4.78 is 2.60. The molecule has 0 saturated heterocycles. The molecule has 78 valence electrons. The fourth-order valence-electron chi connectivity index (χ4n) is 1.42. The zero-order valence-electron chi connectivity index (χ0n) is 8.47. The Hall–Kier alpha value is -1.52. The van der Waals surface area contributed by atoms with E-state index < -0.39 is 12.0 Å². The van der Waals surface area contributed by atoms with Crippen LogP contribution in [0.2, 0.25) is 0 Å². The fraction of sp³-hybridized carbons (Fsp3) is 0.556. The van der Waals surface area contributed by atoms with Gasteiger partial charge >= 0.3 is 11.7 Å². The van der Waals surface area contributed by atoms with Gasteiger partial charge in [-0.05, 0) is 5.92 Å². The van der Waals surface area contributed by atoms with Crippen molar-refractivity contribution < 1.29 is 9.90 Å². The maximum atomic E-state index is 11.5. The molecule has 14 heavy (non-hydrogen) atoms. The predicted molar refractivity (Wildman–Crippen MR) is 51.2 cm³/mol. The molecule has 1 atom stereocenters. The first-order chi connectivity index (χ1) is 6.45. The van der Waals surface area contributed by atoms with Gasteiger partial charge in [0.1, 0.15) is 6.04 Å². The number of carboxylic acids is 1. The van der Waals surface area contributed by atoms with E-state index >= 15 is 0 Å². The molecule has 0 saturated carbocycles. The van der Waals surface area contributed by atoms with Crippen LogP contribution in [0.1, 0.15) is 19.9 Å². The molecule has 1 aromatic rings. The normalized spacial score (nSPS) is 13.1. The monoisotopic (exact) mass is 198 g/mol. The Morgan fingerprint density at radius 1 is 1.43 bits per heavy atom. The number of carbonyl (C=O) groups is 1. The summed E-state index contributed by atoms with van der Waals surface area (Å²) in [7, 11) is 1.60. The van der Waals surface area contributed by atoms with Crippen molar-refractivity contribution in [1.82, 2.24) is 9.13 Å². The second-order valence-corrected chi connectivity index (χ2v) is 3.63.